The fourth-order valence-electron chi connectivity index (χ4n) is 1.68. The van der Waals surface area contributed by atoms with Crippen LogP contribution in [-0.2, 0) is 7.05 Å². The molecular formula is C11H20N4O. The van der Waals surface area contributed by atoms with E-state index in [1.165, 1.54) is 0 Å². The average molecular weight is 224 g/mol. The van der Waals surface area contributed by atoms with Crippen LogP contribution in [0.3, 0.4) is 0 Å². The van der Waals surface area contributed by atoms with Crippen LogP contribution >= 0.6 is 0 Å². The number of hydrogen-bond acceptors (Lipinski definition) is 3. The molecule has 0 aliphatic heterocycles. The Morgan fingerprint density at radius 1 is 1.69 bits per heavy atom. The van der Waals surface area contributed by atoms with Gasteiger partial charge in [-0.2, -0.15) is 5.10 Å². The number of rotatable bonds is 5. The molecule has 0 saturated heterocycles. The quantitative estimate of drug-likeness (QED) is 0.768. The van der Waals surface area contributed by atoms with Crippen molar-refractivity contribution in [1.29, 1.82) is 0 Å². The van der Waals surface area contributed by atoms with Crippen molar-refractivity contribution in [1.82, 2.24) is 15.1 Å². The van der Waals surface area contributed by atoms with Gasteiger partial charge in [-0.1, -0.05) is 13.3 Å². The van der Waals surface area contributed by atoms with Gasteiger partial charge in [0.2, 0.25) is 0 Å². The molecule has 16 heavy (non-hydrogen) atoms. The second-order valence-corrected chi connectivity index (χ2v) is 3.99. The van der Waals surface area contributed by atoms with Crippen molar-refractivity contribution in [3.05, 3.63) is 17.5 Å². The van der Waals surface area contributed by atoms with Gasteiger partial charge in [-0.15, -0.1) is 0 Å². The molecule has 1 atom stereocenters. The molecule has 0 aromatic carbocycles. The van der Waals surface area contributed by atoms with Crippen LogP contribution in [0.15, 0.2) is 6.07 Å². The predicted octanol–water partition coefficient (Wildman–Crippen LogP) is 0.586. The van der Waals surface area contributed by atoms with Crippen molar-refractivity contribution in [2.24, 2.45) is 12.8 Å². The van der Waals surface area contributed by atoms with Crippen LogP contribution in [0, 0.1) is 6.92 Å². The summed E-state index contributed by atoms with van der Waals surface area (Å²) in [6.45, 7) is 4.41. The third-order valence-corrected chi connectivity index (χ3v) is 2.49. The molecule has 1 aromatic rings. The van der Waals surface area contributed by atoms with E-state index in [9.17, 15) is 4.79 Å². The van der Waals surface area contributed by atoms with E-state index in [1.807, 2.05) is 6.92 Å². The van der Waals surface area contributed by atoms with Crippen LogP contribution in [0.5, 0.6) is 0 Å². The summed E-state index contributed by atoms with van der Waals surface area (Å²) < 4.78 is 1.59. The summed E-state index contributed by atoms with van der Waals surface area (Å²) in [5.41, 5.74) is 7.01. The van der Waals surface area contributed by atoms with Gasteiger partial charge in [0.1, 0.15) is 5.69 Å². The summed E-state index contributed by atoms with van der Waals surface area (Å²) >= 11 is 0. The van der Waals surface area contributed by atoms with Crippen molar-refractivity contribution in [2.75, 3.05) is 6.54 Å². The van der Waals surface area contributed by atoms with Gasteiger partial charge in [-0.3, -0.25) is 9.48 Å². The lowest BCUT2D eigenvalue weighted by Crippen LogP contribution is -2.40. The molecule has 5 nitrogen and oxygen atoms in total. The number of carbonyl (C=O) groups excluding carboxylic acids is 1. The smallest absolute Gasteiger partial charge is 0.269 e. The number of amides is 1. The molecule has 0 saturated carbocycles. The molecule has 0 aliphatic carbocycles. The Hall–Kier alpha value is -1.36. The number of nitrogens with zero attached hydrogens (tertiary/aromatic N) is 2. The maximum atomic E-state index is 11.9. The molecule has 0 fully saturated rings. The molecule has 1 amide bonds. The fraction of sp³-hybridized carbons (Fsp3) is 0.636. The summed E-state index contributed by atoms with van der Waals surface area (Å²) in [4.78, 5) is 11.9. The lowest BCUT2D eigenvalue weighted by molar-refractivity contribution is 0.0926. The van der Waals surface area contributed by atoms with Gasteiger partial charge in [0, 0.05) is 19.6 Å². The van der Waals surface area contributed by atoms with E-state index in [1.54, 1.807) is 17.8 Å². The van der Waals surface area contributed by atoms with E-state index < -0.39 is 0 Å². The Labute approximate surface area is 96.0 Å². The molecule has 3 N–H and O–H groups in total. The second-order valence-electron chi connectivity index (χ2n) is 3.99. The van der Waals surface area contributed by atoms with Crippen LogP contribution in [0.25, 0.3) is 0 Å². The van der Waals surface area contributed by atoms with Crippen molar-refractivity contribution in [3.63, 3.8) is 0 Å². The lowest BCUT2D eigenvalue weighted by atomic mass is 10.1. The predicted molar refractivity (Wildman–Crippen MR) is 63.2 cm³/mol. The van der Waals surface area contributed by atoms with E-state index in [4.69, 9.17) is 5.73 Å². The van der Waals surface area contributed by atoms with E-state index in [0.717, 1.165) is 18.5 Å². The largest absolute Gasteiger partial charge is 0.347 e. The molecule has 1 aromatic heterocycles. The van der Waals surface area contributed by atoms with Gasteiger partial charge in [-0.05, 0) is 19.4 Å². The first-order valence-electron chi connectivity index (χ1n) is 5.60. The van der Waals surface area contributed by atoms with Crippen molar-refractivity contribution < 1.29 is 4.79 Å². The maximum Gasteiger partial charge on any atom is 0.269 e. The van der Waals surface area contributed by atoms with Crippen LogP contribution in [0.1, 0.15) is 35.9 Å². The number of carbonyl (C=O) groups is 1. The topological polar surface area (TPSA) is 72.9 Å². The SMILES string of the molecule is CCCC(CN)NC(=O)c1cc(C)nn1C. The Kier molecular flexibility index (Phi) is 4.49. The van der Waals surface area contributed by atoms with Gasteiger partial charge < -0.3 is 11.1 Å². The zero-order valence-corrected chi connectivity index (χ0v) is 10.2. The highest BCUT2D eigenvalue weighted by Crippen LogP contribution is 2.03. The average Bonchev–Trinajstić information content (AvgIpc) is 2.57. The van der Waals surface area contributed by atoms with Gasteiger partial charge in [0.25, 0.3) is 5.91 Å². The van der Waals surface area contributed by atoms with Crippen LogP contribution < -0.4 is 11.1 Å². The molecule has 1 rings (SSSR count). The summed E-state index contributed by atoms with van der Waals surface area (Å²) in [7, 11) is 1.76. The van der Waals surface area contributed by atoms with E-state index in [0.29, 0.717) is 12.2 Å². The minimum Gasteiger partial charge on any atom is -0.347 e. The van der Waals surface area contributed by atoms with E-state index in [-0.39, 0.29) is 11.9 Å². The molecule has 5 heteroatoms. The first-order chi connectivity index (χ1) is 7.58. The number of hydrogen-bond donors (Lipinski definition) is 2. The van der Waals surface area contributed by atoms with Crippen molar-refractivity contribution in [3.8, 4) is 0 Å². The fourth-order valence-corrected chi connectivity index (χ4v) is 1.68. The Balaban J connectivity index is 2.67. The van der Waals surface area contributed by atoms with Crippen LogP contribution in [0.2, 0.25) is 0 Å². The summed E-state index contributed by atoms with van der Waals surface area (Å²) in [5.74, 6) is -0.105. The molecule has 90 valence electrons. The van der Waals surface area contributed by atoms with Crippen LogP contribution in [0.4, 0.5) is 0 Å². The third-order valence-electron chi connectivity index (χ3n) is 2.49. The van der Waals surface area contributed by atoms with Gasteiger partial charge in [0.05, 0.1) is 5.69 Å². The molecule has 1 heterocycles. The Morgan fingerprint density at radius 2 is 2.38 bits per heavy atom. The summed E-state index contributed by atoms with van der Waals surface area (Å²) in [5, 5.41) is 7.05. The highest BCUT2D eigenvalue weighted by Gasteiger charge is 2.15. The Bertz CT molecular complexity index is 359. The molecular weight excluding hydrogens is 204 g/mol. The summed E-state index contributed by atoms with van der Waals surface area (Å²) in [6, 6.07) is 1.82. The van der Waals surface area contributed by atoms with Gasteiger partial charge in [0.15, 0.2) is 0 Å². The van der Waals surface area contributed by atoms with Crippen molar-refractivity contribution in [2.45, 2.75) is 32.7 Å². The normalized spacial score (nSPS) is 12.5. The standard InChI is InChI=1S/C11H20N4O/c1-4-5-9(7-12)13-11(16)10-6-8(2)14-15(10)3/h6,9H,4-5,7,12H2,1-3H3,(H,13,16). The minimum absolute atomic E-state index is 0.0488. The second kappa shape index (κ2) is 5.65. The summed E-state index contributed by atoms with van der Waals surface area (Å²) in [6.07, 6.45) is 1.91. The monoisotopic (exact) mass is 224 g/mol. The zero-order chi connectivity index (χ0) is 12.1. The molecule has 0 bridgehead atoms. The lowest BCUT2D eigenvalue weighted by Gasteiger charge is -2.15. The third kappa shape index (κ3) is 3.06. The minimum atomic E-state index is -0.105. The number of nitrogens with one attached hydrogen (secondary N) is 1. The van der Waals surface area contributed by atoms with Crippen LogP contribution in [-0.4, -0.2) is 28.3 Å². The zero-order valence-electron chi connectivity index (χ0n) is 10.2. The molecule has 0 aliphatic rings. The highest BCUT2D eigenvalue weighted by atomic mass is 16.2. The molecule has 1 unspecified atom stereocenters. The van der Waals surface area contributed by atoms with E-state index in [2.05, 4.69) is 17.3 Å². The first kappa shape index (κ1) is 12.7. The first-order valence-corrected chi connectivity index (χ1v) is 5.60. The highest BCUT2D eigenvalue weighted by molar-refractivity contribution is 5.92. The Morgan fingerprint density at radius 3 is 2.81 bits per heavy atom. The van der Waals surface area contributed by atoms with Gasteiger partial charge in [-0.25, -0.2) is 0 Å². The number of aryl methyl sites for hydroxylation is 2. The van der Waals surface area contributed by atoms with Crippen molar-refractivity contribution >= 4 is 5.91 Å². The molecule has 0 radical (unpaired) electrons. The van der Waals surface area contributed by atoms with E-state index >= 15 is 0 Å². The molecule has 0 spiro atoms. The maximum absolute atomic E-state index is 11.9. The number of nitrogens with two attached hydrogens (primary N) is 1. The number of aromatic nitrogens is 2. The van der Waals surface area contributed by atoms with Gasteiger partial charge >= 0.3 is 0 Å².